The number of phenols is 1. The maximum Gasteiger partial charge on any atom is 0.120 e. The van der Waals surface area contributed by atoms with Gasteiger partial charge in [0.15, 0.2) is 0 Å². The molecule has 2 rings (SSSR count). The van der Waals surface area contributed by atoms with E-state index in [0.717, 1.165) is 23.0 Å². The van der Waals surface area contributed by atoms with Crippen LogP contribution >= 0.6 is 15.9 Å². The SMILES string of the molecule is Oc1cccc(Br)c1CC1(O)CCNC1. The van der Waals surface area contributed by atoms with Crippen molar-refractivity contribution < 1.29 is 10.2 Å². The van der Waals surface area contributed by atoms with Gasteiger partial charge >= 0.3 is 0 Å². The average molecular weight is 272 g/mol. The van der Waals surface area contributed by atoms with Crippen LogP contribution in [0.25, 0.3) is 0 Å². The second-order valence-electron chi connectivity index (χ2n) is 4.07. The zero-order valence-corrected chi connectivity index (χ0v) is 9.92. The lowest BCUT2D eigenvalue weighted by Crippen LogP contribution is -2.33. The van der Waals surface area contributed by atoms with Gasteiger partial charge in [-0.15, -0.1) is 0 Å². The quantitative estimate of drug-likeness (QED) is 0.763. The van der Waals surface area contributed by atoms with Crippen LogP contribution in [0.2, 0.25) is 0 Å². The summed E-state index contributed by atoms with van der Waals surface area (Å²) in [6.07, 6.45) is 1.21. The predicted octanol–water partition coefficient (Wildman–Crippen LogP) is 1.42. The van der Waals surface area contributed by atoms with E-state index < -0.39 is 5.60 Å². The fourth-order valence-electron chi connectivity index (χ4n) is 1.93. The Morgan fingerprint density at radius 2 is 2.27 bits per heavy atom. The Morgan fingerprint density at radius 1 is 1.47 bits per heavy atom. The van der Waals surface area contributed by atoms with Gasteiger partial charge in [-0.3, -0.25) is 0 Å². The highest BCUT2D eigenvalue weighted by Gasteiger charge is 2.32. The van der Waals surface area contributed by atoms with Gasteiger partial charge in [-0.2, -0.15) is 0 Å². The molecule has 0 saturated carbocycles. The molecular weight excluding hydrogens is 258 g/mol. The molecule has 0 aromatic heterocycles. The van der Waals surface area contributed by atoms with Crippen LogP contribution in [-0.4, -0.2) is 28.9 Å². The predicted molar refractivity (Wildman–Crippen MR) is 61.9 cm³/mol. The summed E-state index contributed by atoms with van der Waals surface area (Å²) < 4.78 is 0.850. The molecule has 4 heteroatoms. The molecule has 1 heterocycles. The van der Waals surface area contributed by atoms with Crippen molar-refractivity contribution in [3.8, 4) is 5.75 Å². The van der Waals surface area contributed by atoms with Crippen LogP contribution in [0.5, 0.6) is 5.75 Å². The summed E-state index contributed by atoms with van der Waals surface area (Å²) in [6, 6.07) is 5.30. The molecule has 1 aromatic rings. The first-order chi connectivity index (χ1) is 7.11. The van der Waals surface area contributed by atoms with Crippen LogP contribution in [0.4, 0.5) is 0 Å². The van der Waals surface area contributed by atoms with Gasteiger partial charge in [-0.05, 0) is 25.1 Å². The van der Waals surface area contributed by atoms with E-state index in [1.54, 1.807) is 12.1 Å². The fraction of sp³-hybridized carbons (Fsp3) is 0.455. The molecule has 3 N–H and O–H groups in total. The first kappa shape index (κ1) is 10.9. The van der Waals surface area contributed by atoms with Crippen molar-refractivity contribution in [2.24, 2.45) is 0 Å². The number of phenolic OH excluding ortho intramolecular Hbond substituents is 1. The molecule has 1 aliphatic heterocycles. The van der Waals surface area contributed by atoms with Gasteiger partial charge in [-0.1, -0.05) is 22.0 Å². The van der Waals surface area contributed by atoms with Gasteiger partial charge in [0.1, 0.15) is 5.75 Å². The Morgan fingerprint density at radius 3 is 2.87 bits per heavy atom. The van der Waals surface area contributed by atoms with Crippen LogP contribution in [0.3, 0.4) is 0 Å². The van der Waals surface area contributed by atoms with E-state index in [1.165, 1.54) is 0 Å². The van der Waals surface area contributed by atoms with Crippen LogP contribution in [0, 0.1) is 0 Å². The Hall–Kier alpha value is -0.580. The van der Waals surface area contributed by atoms with Crippen molar-refractivity contribution in [3.63, 3.8) is 0 Å². The van der Waals surface area contributed by atoms with Crippen molar-refractivity contribution in [1.29, 1.82) is 0 Å². The van der Waals surface area contributed by atoms with E-state index >= 15 is 0 Å². The summed E-state index contributed by atoms with van der Waals surface area (Å²) in [7, 11) is 0. The standard InChI is InChI=1S/C11H14BrNO2/c12-9-2-1-3-10(14)8(9)6-11(15)4-5-13-7-11/h1-3,13-15H,4-7H2. The monoisotopic (exact) mass is 271 g/mol. The molecule has 1 unspecified atom stereocenters. The summed E-state index contributed by atoms with van der Waals surface area (Å²) in [5, 5.41) is 23.0. The Balaban J connectivity index is 2.23. The Bertz CT molecular complexity index is 341. The number of hydrogen-bond donors (Lipinski definition) is 3. The Kier molecular flexibility index (Phi) is 3.00. The largest absolute Gasteiger partial charge is 0.508 e. The normalized spacial score (nSPS) is 25.7. The van der Waals surface area contributed by atoms with Crippen molar-refractivity contribution in [1.82, 2.24) is 5.32 Å². The molecule has 1 fully saturated rings. The van der Waals surface area contributed by atoms with Gasteiger partial charge in [0.05, 0.1) is 5.60 Å². The molecule has 0 amide bonds. The maximum absolute atomic E-state index is 10.2. The van der Waals surface area contributed by atoms with E-state index in [9.17, 15) is 10.2 Å². The average Bonchev–Trinajstić information content (AvgIpc) is 2.60. The second-order valence-corrected chi connectivity index (χ2v) is 4.92. The zero-order chi connectivity index (χ0) is 10.9. The van der Waals surface area contributed by atoms with Gasteiger partial charge in [0.25, 0.3) is 0 Å². The molecule has 1 saturated heterocycles. The number of benzene rings is 1. The highest BCUT2D eigenvalue weighted by atomic mass is 79.9. The van der Waals surface area contributed by atoms with E-state index in [0.29, 0.717) is 13.0 Å². The van der Waals surface area contributed by atoms with Crippen LogP contribution in [-0.2, 0) is 6.42 Å². The van der Waals surface area contributed by atoms with Crippen LogP contribution in [0.15, 0.2) is 22.7 Å². The molecule has 0 spiro atoms. The lowest BCUT2D eigenvalue weighted by atomic mass is 9.93. The third kappa shape index (κ3) is 2.33. The molecule has 3 nitrogen and oxygen atoms in total. The lowest BCUT2D eigenvalue weighted by molar-refractivity contribution is 0.0611. The van der Waals surface area contributed by atoms with E-state index in [2.05, 4.69) is 21.2 Å². The van der Waals surface area contributed by atoms with Crippen LogP contribution in [0.1, 0.15) is 12.0 Å². The number of aliphatic hydroxyl groups is 1. The van der Waals surface area contributed by atoms with Gasteiger partial charge in [-0.25, -0.2) is 0 Å². The molecule has 1 atom stereocenters. The van der Waals surface area contributed by atoms with Gasteiger partial charge in [0.2, 0.25) is 0 Å². The molecule has 0 bridgehead atoms. The van der Waals surface area contributed by atoms with E-state index in [1.807, 2.05) is 6.07 Å². The van der Waals surface area contributed by atoms with E-state index in [-0.39, 0.29) is 5.75 Å². The minimum atomic E-state index is -0.721. The summed E-state index contributed by atoms with van der Waals surface area (Å²) in [4.78, 5) is 0. The summed E-state index contributed by atoms with van der Waals surface area (Å²) in [5.41, 5.74) is 0.0603. The first-order valence-corrected chi connectivity index (χ1v) is 5.79. The lowest BCUT2D eigenvalue weighted by Gasteiger charge is -2.22. The van der Waals surface area contributed by atoms with Crippen molar-refractivity contribution in [2.75, 3.05) is 13.1 Å². The van der Waals surface area contributed by atoms with Gasteiger partial charge < -0.3 is 15.5 Å². The number of rotatable bonds is 2. The minimum Gasteiger partial charge on any atom is -0.508 e. The van der Waals surface area contributed by atoms with Crippen molar-refractivity contribution in [2.45, 2.75) is 18.4 Å². The fourth-order valence-corrected chi connectivity index (χ4v) is 2.43. The number of β-amino-alcohol motifs (C(OH)–C–C–N with tert-alkyl or cyclic N) is 1. The van der Waals surface area contributed by atoms with Crippen molar-refractivity contribution in [3.05, 3.63) is 28.2 Å². The number of hydrogen-bond acceptors (Lipinski definition) is 3. The summed E-state index contributed by atoms with van der Waals surface area (Å²) >= 11 is 3.39. The molecule has 1 aliphatic rings. The maximum atomic E-state index is 10.2. The van der Waals surface area contributed by atoms with Gasteiger partial charge in [0, 0.05) is 23.0 Å². The molecular formula is C11H14BrNO2. The molecule has 0 aliphatic carbocycles. The topological polar surface area (TPSA) is 52.5 Å². The van der Waals surface area contributed by atoms with E-state index in [4.69, 9.17) is 0 Å². The second kappa shape index (κ2) is 4.12. The number of aromatic hydroxyl groups is 1. The minimum absolute atomic E-state index is 0.240. The smallest absolute Gasteiger partial charge is 0.120 e. The third-order valence-electron chi connectivity index (χ3n) is 2.82. The third-order valence-corrected chi connectivity index (χ3v) is 3.56. The molecule has 82 valence electrons. The summed E-state index contributed by atoms with van der Waals surface area (Å²) in [5.74, 6) is 0.240. The Labute approximate surface area is 97.3 Å². The highest BCUT2D eigenvalue weighted by Crippen LogP contribution is 2.31. The molecule has 0 radical (unpaired) electrons. The van der Waals surface area contributed by atoms with Crippen molar-refractivity contribution >= 4 is 15.9 Å². The number of nitrogens with one attached hydrogen (secondary N) is 1. The molecule has 1 aromatic carbocycles. The first-order valence-electron chi connectivity index (χ1n) is 5.00. The highest BCUT2D eigenvalue weighted by molar-refractivity contribution is 9.10. The zero-order valence-electron chi connectivity index (χ0n) is 8.33. The van der Waals surface area contributed by atoms with Crippen LogP contribution < -0.4 is 5.32 Å². The molecule has 15 heavy (non-hydrogen) atoms. The number of halogens is 1. The summed E-state index contributed by atoms with van der Waals surface area (Å²) in [6.45, 7) is 1.43.